The smallest absolute Gasteiger partial charge is 0.330 e. The zero-order valence-corrected chi connectivity index (χ0v) is 10.7. The fraction of sp³-hybridized carbons (Fsp3) is 0.357. The minimum atomic E-state index is -0.295. The van der Waals surface area contributed by atoms with Crippen LogP contribution < -0.4 is 0 Å². The average Bonchev–Trinajstić information content (AvgIpc) is 2.34. The van der Waals surface area contributed by atoms with Crippen molar-refractivity contribution >= 4 is 23.6 Å². The van der Waals surface area contributed by atoms with E-state index in [4.69, 9.17) is 16.3 Å². The van der Waals surface area contributed by atoms with Gasteiger partial charge >= 0.3 is 5.97 Å². The second kappa shape index (κ2) is 7.91. The van der Waals surface area contributed by atoms with Crippen LogP contribution in [-0.4, -0.2) is 12.6 Å². The molecule has 17 heavy (non-hydrogen) atoms. The summed E-state index contributed by atoms with van der Waals surface area (Å²) < 4.78 is 5.04. The highest BCUT2D eigenvalue weighted by molar-refractivity contribution is 6.30. The van der Waals surface area contributed by atoms with Crippen LogP contribution in [0.2, 0.25) is 5.02 Å². The molecule has 0 saturated heterocycles. The molecular formula is C14H17ClO2. The van der Waals surface area contributed by atoms with Crippen molar-refractivity contribution in [1.82, 2.24) is 0 Å². The Morgan fingerprint density at radius 3 is 2.65 bits per heavy atom. The maximum Gasteiger partial charge on any atom is 0.330 e. The summed E-state index contributed by atoms with van der Waals surface area (Å²) in [5, 5.41) is 0.685. The van der Waals surface area contributed by atoms with E-state index in [0.717, 1.165) is 24.8 Å². The van der Waals surface area contributed by atoms with Crippen molar-refractivity contribution in [2.45, 2.75) is 26.2 Å². The molecule has 0 N–H and O–H groups in total. The summed E-state index contributed by atoms with van der Waals surface area (Å²) in [4.78, 5) is 11.3. The van der Waals surface area contributed by atoms with E-state index >= 15 is 0 Å². The molecule has 1 aromatic rings. The fourth-order valence-electron chi connectivity index (χ4n) is 1.31. The van der Waals surface area contributed by atoms with Gasteiger partial charge in [-0.15, -0.1) is 0 Å². The van der Waals surface area contributed by atoms with Crippen molar-refractivity contribution in [3.63, 3.8) is 0 Å². The zero-order valence-electron chi connectivity index (χ0n) is 9.99. The van der Waals surface area contributed by atoms with Crippen molar-refractivity contribution in [3.05, 3.63) is 40.9 Å². The number of esters is 1. The maximum absolute atomic E-state index is 11.3. The molecule has 3 heteroatoms. The molecule has 1 rings (SSSR count). The first kappa shape index (κ1) is 13.8. The summed E-state index contributed by atoms with van der Waals surface area (Å²) >= 11 is 5.76. The molecule has 0 radical (unpaired) electrons. The first-order valence-electron chi connectivity index (χ1n) is 5.83. The van der Waals surface area contributed by atoms with Gasteiger partial charge in [-0.05, 0) is 30.2 Å². The molecule has 0 heterocycles. The molecule has 0 atom stereocenters. The van der Waals surface area contributed by atoms with Gasteiger partial charge in [0.2, 0.25) is 0 Å². The van der Waals surface area contributed by atoms with Gasteiger partial charge in [0, 0.05) is 11.1 Å². The van der Waals surface area contributed by atoms with Gasteiger partial charge in [0.05, 0.1) is 6.61 Å². The Labute approximate surface area is 107 Å². The van der Waals surface area contributed by atoms with Crippen molar-refractivity contribution in [3.8, 4) is 0 Å². The Balaban J connectivity index is 2.32. The van der Waals surface area contributed by atoms with Gasteiger partial charge in [-0.25, -0.2) is 4.79 Å². The fourth-order valence-corrected chi connectivity index (χ4v) is 1.44. The SMILES string of the molecule is CCCCCOC(=O)/C=C/c1ccc(Cl)cc1. The van der Waals surface area contributed by atoms with E-state index in [1.54, 1.807) is 18.2 Å². The molecule has 0 fully saturated rings. The minimum Gasteiger partial charge on any atom is -0.463 e. The zero-order chi connectivity index (χ0) is 12.5. The molecule has 0 aliphatic carbocycles. The van der Waals surface area contributed by atoms with Crippen LogP contribution in [0.4, 0.5) is 0 Å². The predicted octanol–water partition coefficient (Wildman–Crippen LogP) is 4.09. The van der Waals surface area contributed by atoms with Crippen molar-refractivity contribution < 1.29 is 9.53 Å². The van der Waals surface area contributed by atoms with E-state index < -0.39 is 0 Å². The largest absolute Gasteiger partial charge is 0.463 e. The quantitative estimate of drug-likeness (QED) is 0.433. The van der Waals surface area contributed by atoms with E-state index in [0.29, 0.717) is 11.6 Å². The van der Waals surface area contributed by atoms with Gasteiger partial charge in [0.15, 0.2) is 0 Å². The molecule has 0 unspecified atom stereocenters. The predicted molar refractivity (Wildman–Crippen MR) is 71.0 cm³/mol. The molecule has 0 bridgehead atoms. The Morgan fingerprint density at radius 2 is 2.00 bits per heavy atom. The molecule has 0 aliphatic heterocycles. The highest BCUT2D eigenvalue weighted by Crippen LogP contribution is 2.10. The van der Waals surface area contributed by atoms with E-state index in [1.807, 2.05) is 12.1 Å². The van der Waals surface area contributed by atoms with E-state index in [1.165, 1.54) is 6.08 Å². The van der Waals surface area contributed by atoms with Crippen LogP contribution in [0.15, 0.2) is 30.3 Å². The Hall–Kier alpha value is -1.28. The summed E-state index contributed by atoms with van der Waals surface area (Å²) in [6.45, 7) is 2.61. The molecule has 1 aromatic carbocycles. The molecule has 92 valence electrons. The topological polar surface area (TPSA) is 26.3 Å². The van der Waals surface area contributed by atoms with Gasteiger partial charge in [0.1, 0.15) is 0 Å². The highest BCUT2D eigenvalue weighted by Gasteiger charge is 1.96. The number of carbonyl (C=O) groups is 1. The molecule has 0 aliphatic rings. The lowest BCUT2D eigenvalue weighted by molar-refractivity contribution is -0.137. The average molecular weight is 253 g/mol. The lowest BCUT2D eigenvalue weighted by Gasteiger charge is -2.00. The normalized spacial score (nSPS) is 10.7. The number of unbranched alkanes of at least 4 members (excludes halogenated alkanes) is 2. The molecule has 0 saturated carbocycles. The number of halogens is 1. The minimum absolute atomic E-state index is 0.295. The number of benzene rings is 1. The van der Waals surface area contributed by atoms with Crippen LogP contribution in [0, 0.1) is 0 Å². The van der Waals surface area contributed by atoms with Gasteiger partial charge in [-0.1, -0.05) is 43.5 Å². The van der Waals surface area contributed by atoms with E-state index in [9.17, 15) is 4.79 Å². The molecule has 0 amide bonds. The molecule has 2 nitrogen and oxygen atoms in total. The number of hydrogen-bond donors (Lipinski definition) is 0. The number of hydrogen-bond acceptors (Lipinski definition) is 2. The summed E-state index contributed by atoms with van der Waals surface area (Å²) in [6, 6.07) is 7.27. The summed E-state index contributed by atoms with van der Waals surface area (Å²) in [6.07, 6.45) is 6.30. The van der Waals surface area contributed by atoms with E-state index in [-0.39, 0.29) is 5.97 Å². The number of ether oxygens (including phenoxy) is 1. The second-order valence-electron chi connectivity index (χ2n) is 3.76. The van der Waals surface area contributed by atoms with Gasteiger partial charge in [0.25, 0.3) is 0 Å². The molecule has 0 spiro atoms. The molecule has 0 aromatic heterocycles. The standard InChI is InChI=1S/C14H17ClO2/c1-2-3-4-11-17-14(16)10-7-12-5-8-13(15)9-6-12/h5-10H,2-4,11H2,1H3/b10-7+. The Bertz CT molecular complexity index is 368. The third-order valence-corrected chi connectivity index (χ3v) is 2.53. The monoisotopic (exact) mass is 252 g/mol. The van der Waals surface area contributed by atoms with Crippen LogP contribution in [0.25, 0.3) is 6.08 Å². The lowest BCUT2D eigenvalue weighted by Crippen LogP contribution is -2.01. The maximum atomic E-state index is 11.3. The van der Waals surface area contributed by atoms with Crippen molar-refractivity contribution in [1.29, 1.82) is 0 Å². The third kappa shape index (κ3) is 6.12. The highest BCUT2D eigenvalue weighted by atomic mass is 35.5. The Kier molecular flexibility index (Phi) is 6.41. The number of carbonyl (C=O) groups excluding carboxylic acids is 1. The van der Waals surface area contributed by atoms with Crippen molar-refractivity contribution in [2.24, 2.45) is 0 Å². The Morgan fingerprint density at radius 1 is 1.29 bits per heavy atom. The van der Waals surface area contributed by atoms with Gasteiger partial charge in [-0.3, -0.25) is 0 Å². The number of rotatable bonds is 6. The molecular weight excluding hydrogens is 236 g/mol. The van der Waals surface area contributed by atoms with Gasteiger partial charge < -0.3 is 4.74 Å². The summed E-state index contributed by atoms with van der Waals surface area (Å²) in [5.74, 6) is -0.295. The second-order valence-corrected chi connectivity index (χ2v) is 4.20. The lowest BCUT2D eigenvalue weighted by atomic mass is 10.2. The van der Waals surface area contributed by atoms with Crippen molar-refractivity contribution in [2.75, 3.05) is 6.61 Å². The first-order chi connectivity index (χ1) is 8.22. The first-order valence-corrected chi connectivity index (χ1v) is 6.20. The summed E-state index contributed by atoms with van der Waals surface area (Å²) in [7, 11) is 0. The van der Waals surface area contributed by atoms with Crippen LogP contribution in [0.3, 0.4) is 0 Å². The van der Waals surface area contributed by atoms with E-state index in [2.05, 4.69) is 6.92 Å². The van der Waals surface area contributed by atoms with Crippen LogP contribution in [0.1, 0.15) is 31.7 Å². The summed E-state index contributed by atoms with van der Waals surface area (Å²) in [5.41, 5.74) is 0.930. The van der Waals surface area contributed by atoms with Crippen LogP contribution in [0.5, 0.6) is 0 Å². The van der Waals surface area contributed by atoms with Gasteiger partial charge in [-0.2, -0.15) is 0 Å². The third-order valence-electron chi connectivity index (χ3n) is 2.27. The van der Waals surface area contributed by atoms with Crippen LogP contribution >= 0.6 is 11.6 Å². The van der Waals surface area contributed by atoms with Crippen LogP contribution in [-0.2, 0) is 9.53 Å².